The van der Waals surface area contributed by atoms with E-state index in [0.717, 1.165) is 0 Å². The highest BCUT2D eigenvalue weighted by molar-refractivity contribution is 7.07. The van der Waals surface area contributed by atoms with Crippen LogP contribution in [0.2, 0.25) is 0 Å². The van der Waals surface area contributed by atoms with Gasteiger partial charge in [-0.1, -0.05) is 6.07 Å². The lowest BCUT2D eigenvalue weighted by atomic mass is 10.1. The van der Waals surface area contributed by atoms with Gasteiger partial charge in [0.1, 0.15) is 11.3 Å². The maximum absolute atomic E-state index is 11.1. The molecule has 0 saturated heterocycles. The molecule has 1 unspecified atom stereocenters. The van der Waals surface area contributed by atoms with E-state index >= 15 is 0 Å². The number of nitrogens with one attached hydrogen (secondary N) is 1. The third-order valence-corrected chi connectivity index (χ3v) is 3.56. The molecule has 0 saturated carbocycles. The van der Waals surface area contributed by atoms with Crippen molar-refractivity contribution in [2.45, 2.75) is 6.10 Å². The van der Waals surface area contributed by atoms with Gasteiger partial charge >= 0.3 is 11.7 Å². The maximum Gasteiger partial charge on any atom is 0.342 e. The number of para-hydroxylation sites is 1. The SMILES string of the molecule is O=C(O)c1cccc(NCC(O)c2ccsc2)c1[N+](=O)[O-]. The largest absolute Gasteiger partial charge is 0.477 e. The first-order chi connectivity index (χ1) is 10.0. The number of thiophene rings is 1. The van der Waals surface area contributed by atoms with Crippen LogP contribution < -0.4 is 5.32 Å². The first-order valence-corrected chi connectivity index (χ1v) is 6.89. The van der Waals surface area contributed by atoms with Gasteiger partial charge in [-0.15, -0.1) is 0 Å². The van der Waals surface area contributed by atoms with Crippen molar-refractivity contribution < 1.29 is 19.9 Å². The molecule has 0 spiro atoms. The Morgan fingerprint density at radius 1 is 1.43 bits per heavy atom. The molecular weight excluding hydrogens is 296 g/mol. The minimum absolute atomic E-state index is 0.0423. The molecule has 0 radical (unpaired) electrons. The van der Waals surface area contributed by atoms with Gasteiger partial charge in [0, 0.05) is 6.54 Å². The predicted molar refractivity (Wildman–Crippen MR) is 77.8 cm³/mol. The van der Waals surface area contributed by atoms with Gasteiger partial charge in [-0.2, -0.15) is 11.3 Å². The fourth-order valence-corrected chi connectivity index (χ4v) is 2.55. The summed E-state index contributed by atoms with van der Waals surface area (Å²) in [7, 11) is 0. The maximum atomic E-state index is 11.1. The van der Waals surface area contributed by atoms with Crippen LogP contribution in [0, 0.1) is 10.1 Å². The van der Waals surface area contributed by atoms with Crippen LogP contribution >= 0.6 is 11.3 Å². The Labute approximate surface area is 123 Å². The zero-order valence-electron chi connectivity index (χ0n) is 10.7. The first-order valence-electron chi connectivity index (χ1n) is 5.95. The number of rotatable bonds is 6. The summed E-state index contributed by atoms with van der Waals surface area (Å²) < 4.78 is 0. The van der Waals surface area contributed by atoms with Crippen LogP contribution in [-0.4, -0.2) is 27.7 Å². The highest BCUT2D eigenvalue weighted by Gasteiger charge is 2.24. The summed E-state index contributed by atoms with van der Waals surface area (Å²) in [4.78, 5) is 21.3. The monoisotopic (exact) mass is 308 g/mol. The molecule has 0 bridgehead atoms. The third-order valence-electron chi connectivity index (χ3n) is 2.86. The number of nitro groups is 1. The fraction of sp³-hybridized carbons (Fsp3) is 0.154. The van der Waals surface area contributed by atoms with Crippen LogP contribution in [0.3, 0.4) is 0 Å². The summed E-state index contributed by atoms with van der Waals surface area (Å²) in [6.45, 7) is 0.0423. The molecule has 2 aromatic rings. The second-order valence-corrected chi connectivity index (χ2v) is 5.00. The molecule has 3 N–H and O–H groups in total. The van der Waals surface area contributed by atoms with Gasteiger partial charge in [0.15, 0.2) is 0 Å². The van der Waals surface area contributed by atoms with Crippen LogP contribution in [-0.2, 0) is 0 Å². The number of hydrogen-bond acceptors (Lipinski definition) is 6. The fourth-order valence-electron chi connectivity index (χ4n) is 1.84. The number of carbonyl (C=O) groups is 1. The lowest BCUT2D eigenvalue weighted by Crippen LogP contribution is -2.14. The molecule has 110 valence electrons. The quantitative estimate of drug-likeness (QED) is 0.558. The zero-order valence-corrected chi connectivity index (χ0v) is 11.5. The standard InChI is InChI=1S/C13H12N2O5S/c16-11(8-4-5-21-7-8)6-14-10-3-1-2-9(13(17)18)12(10)15(19)20/h1-5,7,11,14,16H,6H2,(H,17,18). The van der Waals surface area contributed by atoms with Crippen LogP contribution in [0.25, 0.3) is 0 Å². The van der Waals surface area contributed by atoms with Gasteiger partial charge in [0.05, 0.1) is 11.0 Å². The number of aliphatic hydroxyl groups is 1. The molecule has 7 nitrogen and oxygen atoms in total. The van der Waals surface area contributed by atoms with Gasteiger partial charge in [-0.25, -0.2) is 4.79 Å². The van der Waals surface area contributed by atoms with Gasteiger partial charge in [0.25, 0.3) is 0 Å². The molecule has 0 aliphatic heterocycles. The molecular formula is C13H12N2O5S. The summed E-state index contributed by atoms with van der Waals surface area (Å²) in [5.41, 5.74) is -0.142. The number of benzene rings is 1. The topological polar surface area (TPSA) is 113 Å². The smallest absolute Gasteiger partial charge is 0.342 e. The number of carboxylic acids is 1. The number of nitro benzene ring substituents is 1. The Balaban J connectivity index is 2.22. The van der Waals surface area contributed by atoms with Crippen molar-refractivity contribution in [1.29, 1.82) is 0 Å². The van der Waals surface area contributed by atoms with Crippen molar-refractivity contribution in [3.05, 3.63) is 56.3 Å². The van der Waals surface area contributed by atoms with Gasteiger partial charge < -0.3 is 15.5 Å². The van der Waals surface area contributed by atoms with E-state index in [-0.39, 0.29) is 12.2 Å². The molecule has 0 aliphatic rings. The van der Waals surface area contributed by atoms with Gasteiger partial charge in [-0.05, 0) is 34.5 Å². The highest BCUT2D eigenvalue weighted by atomic mass is 32.1. The molecule has 1 atom stereocenters. The Hall–Kier alpha value is -2.45. The molecule has 21 heavy (non-hydrogen) atoms. The third kappa shape index (κ3) is 3.36. The Bertz CT molecular complexity index is 657. The number of hydrogen-bond donors (Lipinski definition) is 3. The Kier molecular flexibility index (Phi) is 4.51. The van der Waals surface area contributed by atoms with Crippen molar-refractivity contribution >= 4 is 28.7 Å². The second kappa shape index (κ2) is 6.33. The molecule has 0 fully saturated rings. The van der Waals surface area contributed by atoms with Gasteiger partial charge in [0.2, 0.25) is 0 Å². The lowest BCUT2D eigenvalue weighted by molar-refractivity contribution is -0.384. The van der Waals surface area contributed by atoms with E-state index in [1.807, 2.05) is 5.38 Å². The van der Waals surface area contributed by atoms with E-state index in [1.54, 1.807) is 11.4 Å². The zero-order chi connectivity index (χ0) is 15.4. The number of carboxylic acid groups (broad SMARTS) is 1. The van der Waals surface area contributed by atoms with E-state index in [0.29, 0.717) is 5.56 Å². The minimum Gasteiger partial charge on any atom is -0.477 e. The van der Waals surface area contributed by atoms with E-state index in [1.165, 1.54) is 29.5 Å². The second-order valence-electron chi connectivity index (χ2n) is 4.22. The molecule has 0 aliphatic carbocycles. The summed E-state index contributed by atoms with van der Waals surface area (Å²) >= 11 is 1.43. The Morgan fingerprint density at radius 3 is 2.76 bits per heavy atom. The average molecular weight is 308 g/mol. The average Bonchev–Trinajstić information content (AvgIpc) is 2.98. The van der Waals surface area contributed by atoms with Crippen LogP contribution in [0.5, 0.6) is 0 Å². The van der Waals surface area contributed by atoms with Crippen molar-refractivity contribution in [3.8, 4) is 0 Å². The highest BCUT2D eigenvalue weighted by Crippen LogP contribution is 2.29. The summed E-state index contributed by atoms with van der Waals surface area (Å²) in [6, 6.07) is 5.74. The van der Waals surface area contributed by atoms with Crippen molar-refractivity contribution in [3.63, 3.8) is 0 Å². The van der Waals surface area contributed by atoms with E-state index in [4.69, 9.17) is 5.11 Å². The number of aromatic carboxylic acids is 1. The van der Waals surface area contributed by atoms with Crippen molar-refractivity contribution in [2.75, 3.05) is 11.9 Å². The summed E-state index contributed by atoms with van der Waals surface area (Å²) in [5, 5.41) is 36.3. The molecule has 0 amide bonds. The van der Waals surface area contributed by atoms with Crippen LogP contribution in [0.4, 0.5) is 11.4 Å². The molecule has 1 aromatic carbocycles. The number of nitrogens with zero attached hydrogens (tertiary/aromatic N) is 1. The normalized spacial score (nSPS) is 11.9. The van der Waals surface area contributed by atoms with E-state index in [9.17, 15) is 20.0 Å². The molecule has 2 rings (SSSR count). The minimum atomic E-state index is -1.37. The van der Waals surface area contributed by atoms with Crippen LogP contribution in [0.1, 0.15) is 22.0 Å². The van der Waals surface area contributed by atoms with Gasteiger partial charge in [-0.3, -0.25) is 10.1 Å². The number of anilines is 1. The number of aliphatic hydroxyl groups excluding tert-OH is 1. The van der Waals surface area contributed by atoms with E-state index in [2.05, 4.69) is 5.32 Å². The summed E-state index contributed by atoms with van der Waals surface area (Å²) in [6.07, 6.45) is -0.829. The lowest BCUT2D eigenvalue weighted by Gasteiger charge is -2.12. The molecule has 8 heteroatoms. The van der Waals surface area contributed by atoms with E-state index < -0.39 is 28.2 Å². The Morgan fingerprint density at radius 2 is 2.19 bits per heavy atom. The predicted octanol–water partition coefficient (Wildman–Crippen LogP) is 2.50. The molecule has 1 aromatic heterocycles. The van der Waals surface area contributed by atoms with Crippen LogP contribution in [0.15, 0.2) is 35.0 Å². The van der Waals surface area contributed by atoms with Crippen molar-refractivity contribution in [1.82, 2.24) is 0 Å². The summed E-state index contributed by atoms with van der Waals surface area (Å²) in [5.74, 6) is -1.37. The molecule has 1 heterocycles. The first kappa shape index (κ1) is 14.9. The van der Waals surface area contributed by atoms with Crippen molar-refractivity contribution in [2.24, 2.45) is 0 Å².